The Bertz CT molecular complexity index is 850. The molecule has 0 saturated heterocycles. The van der Waals surface area contributed by atoms with Crippen molar-refractivity contribution < 1.29 is 4.42 Å². The number of rotatable bonds is 3. The maximum Gasteiger partial charge on any atom is 0.154 e. The van der Waals surface area contributed by atoms with Crippen LogP contribution in [0.5, 0.6) is 0 Å². The molecule has 4 rings (SSSR count). The summed E-state index contributed by atoms with van der Waals surface area (Å²) in [4.78, 5) is 11.6. The zero-order valence-corrected chi connectivity index (χ0v) is 14.2. The standard InChI is InChI=1S/C18H21N5O/c1-11(2)18-19-12(3)9-16(20-18)23-7-6-14-13(10-23)17(22-21-14)15-5-4-8-24-15/h4-5,8-9,11H,6-7,10H2,1-3H3,(H,21,22). The minimum absolute atomic E-state index is 0.316. The number of fused-ring (bicyclic) bond motifs is 1. The van der Waals surface area contributed by atoms with Crippen molar-refractivity contribution in [2.24, 2.45) is 0 Å². The first-order valence-corrected chi connectivity index (χ1v) is 8.32. The van der Waals surface area contributed by atoms with Gasteiger partial charge in [0.1, 0.15) is 17.3 Å². The van der Waals surface area contributed by atoms with Crippen LogP contribution < -0.4 is 4.90 Å². The van der Waals surface area contributed by atoms with Gasteiger partial charge in [-0.25, -0.2) is 9.97 Å². The molecule has 124 valence electrons. The topological polar surface area (TPSA) is 70.8 Å². The van der Waals surface area contributed by atoms with Crippen molar-refractivity contribution in [3.8, 4) is 11.5 Å². The first-order chi connectivity index (χ1) is 11.6. The summed E-state index contributed by atoms with van der Waals surface area (Å²) in [5.74, 6) is 3.00. The van der Waals surface area contributed by atoms with Gasteiger partial charge in [-0.15, -0.1) is 0 Å². The van der Waals surface area contributed by atoms with Crippen LogP contribution in [-0.4, -0.2) is 26.7 Å². The van der Waals surface area contributed by atoms with Crippen molar-refractivity contribution in [2.75, 3.05) is 11.4 Å². The van der Waals surface area contributed by atoms with Gasteiger partial charge in [-0.2, -0.15) is 5.10 Å². The number of hydrogen-bond donors (Lipinski definition) is 1. The van der Waals surface area contributed by atoms with Crippen molar-refractivity contribution in [3.63, 3.8) is 0 Å². The molecule has 0 atom stereocenters. The number of nitrogens with one attached hydrogen (secondary N) is 1. The minimum atomic E-state index is 0.316. The molecule has 1 aliphatic rings. The van der Waals surface area contributed by atoms with Crippen LogP contribution in [0, 0.1) is 6.92 Å². The lowest BCUT2D eigenvalue weighted by molar-refractivity contribution is 0.578. The summed E-state index contributed by atoms with van der Waals surface area (Å²) in [7, 11) is 0. The fraction of sp³-hybridized carbons (Fsp3) is 0.389. The summed E-state index contributed by atoms with van der Waals surface area (Å²) in [5, 5.41) is 7.61. The van der Waals surface area contributed by atoms with Gasteiger partial charge in [-0.3, -0.25) is 5.10 Å². The number of aromatic amines is 1. The quantitative estimate of drug-likeness (QED) is 0.799. The summed E-state index contributed by atoms with van der Waals surface area (Å²) >= 11 is 0. The molecule has 0 amide bonds. The summed E-state index contributed by atoms with van der Waals surface area (Å²) in [6.07, 6.45) is 2.60. The van der Waals surface area contributed by atoms with Crippen LogP contribution in [0.4, 0.5) is 5.82 Å². The Labute approximate surface area is 140 Å². The van der Waals surface area contributed by atoms with E-state index < -0.39 is 0 Å². The molecular weight excluding hydrogens is 302 g/mol. The third kappa shape index (κ3) is 2.58. The third-order valence-electron chi connectivity index (χ3n) is 4.39. The van der Waals surface area contributed by atoms with E-state index in [0.29, 0.717) is 5.92 Å². The highest BCUT2D eigenvalue weighted by Crippen LogP contribution is 2.30. The van der Waals surface area contributed by atoms with Crippen molar-refractivity contribution in [1.29, 1.82) is 0 Å². The summed E-state index contributed by atoms with van der Waals surface area (Å²) in [5.41, 5.74) is 4.29. The molecular formula is C18H21N5O. The molecule has 0 aromatic carbocycles. The fourth-order valence-electron chi connectivity index (χ4n) is 3.10. The third-order valence-corrected chi connectivity index (χ3v) is 4.39. The van der Waals surface area contributed by atoms with Gasteiger partial charge < -0.3 is 9.32 Å². The van der Waals surface area contributed by atoms with Gasteiger partial charge in [-0.05, 0) is 19.1 Å². The predicted octanol–water partition coefficient (Wildman–Crippen LogP) is 3.45. The maximum absolute atomic E-state index is 5.53. The molecule has 1 N–H and O–H groups in total. The number of H-pyrrole nitrogens is 1. The van der Waals surface area contributed by atoms with Crippen LogP contribution >= 0.6 is 0 Å². The average Bonchev–Trinajstić information content (AvgIpc) is 3.22. The number of nitrogens with zero attached hydrogens (tertiary/aromatic N) is 4. The SMILES string of the molecule is Cc1cc(N2CCc3[nH]nc(-c4ccco4)c3C2)nc(C(C)C)n1. The Kier molecular flexibility index (Phi) is 3.59. The van der Waals surface area contributed by atoms with E-state index in [1.165, 1.54) is 11.3 Å². The molecule has 3 aromatic heterocycles. The number of anilines is 1. The highest BCUT2D eigenvalue weighted by Gasteiger charge is 2.25. The molecule has 0 radical (unpaired) electrons. The second-order valence-electron chi connectivity index (χ2n) is 6.56. The van der Waals surface area contributed by atoms with E-state index in [2.05, 4.69) is 40.0 Å². The number of hydrogen-bond acceptors (Lipinski definition) is 5. The van der Waals surface area contributed by atoms with Crippen molar-refractivity contribution in [2.45, 2.75) is 39.7 Å². The molecule has 0 spiro atoms. The Morgan fingerprint density at radius 1 is 1.29 bits per heavy atom. The van der Waals surface area contributed by atoms with Gasteiger partial charge in [0.2, 0.25) is 0 Å². The van der Waals surface area contributed by atoms with Crippen molar-refractivity contribution in [3.05, 3.63) is 47.2 Å². The molecule has 0 fully saturated rings. The summed E-state index contributed by atoms with van der Waals surface area (Å²) in [6, 6.07) is 5.89. The molecule has 0 aliphatic carbocycles. The highest BCUT2D eigenvalue weighted by atomic mass is 16.3. The van der Waals surface area contributed by atoms with Crippen molar-refractivity contribution in [1.82, 2.24) is 20.2 Å². The average molecular weight is 323 g/mol. The van der Waals surface area contributed by atoms with Gasteiger partial charge >= 0.3 is 0 Å². The lowest BCUT2D eigenvalue weighted by atomic mass is 10.0. The van der Waals surface area contributed by atoms with E-state index in [9.17, 15) is 0 Å². The van der Waals surface area contributed by atoms with Crippen LogP contribution in [0.15, 0.2) is 28.9 Å². The number of aryl methyl sites for hydroxylation is 1. The van der Waals surface area contributed by atoms with Gasteiger partial charge in [0.05, 0.1) is 6.26 Å². The van der Waals surface area contributed by atoms with E-state index in [-0.39, 0.29) is 0 Å². The maximum atomic E-state index is 5.53. The zero-order chi connectivity index (χ0) is 16.7. The van der Waals surface area contributed by atoms with E-state index >= 15 is 0 Å². The monoisotopic (exact) mass is 323 g/mol. The second-order valence-corrected chi connectivity index (χ2v) is 6.56. The van der Waals surface area contributed by atoms with Crippen LogP contribution in [0.25, 0.3) is 11.5 Å². The molecule has 0 unspecified atom stereocenters. The fourth-order valence-corrected chi connectivity index (χ4v) is 3.10. The molecule has 3 aromatic rings. The molecule has 0 bridgehead atoms. The summed E-state index contributed by atoms with van der Waals surface area (Å²) < 4.78 is 5.53. The largest absolute Gasteiger partial charge is 0.463 e. The molecule has 24 heavy (non-hydrogen) atoms. The smallest absolute Gasteiger partial charge is 0.154 e. The Morgan fingerprint density at radius 3 is 2.92 bits per heavy atom. The van der Waals surface area contributed by atoms with Gasteiger partial charge in [0, 0.05) is 48.4 Å². The highest BCUT2D eigenvalue weighted by molar-refractivity contribution is 5.60. The number of furan rings is 1. The van der Waals surface area contributed by atoms with E-state index in [4.69, 9.17) is 9.40 Å². The van der Waals surface area contributed by atoms with Crippen LogP contribution in [0.2, 0.25) is 0 Å². The minimum Gasteiger partial charge on any atom is -0.463 e. The molecule has 6 heteroatoms. The second kappa shape index (κ2) is 5.78. The van der Waals surface area contributed by atoms with Crippen LogP contribution in [0.1, 0.15) is 42.5 Å². The Hall–Kier alpha value is -2.63. The van der Waals surface area contributed by atoms with Crippen LogP contribution in [-0.2, 0) is 13.0 Å². The Balaban J connectivity index is 1.68. The lowest BCUT2D eigenvalue weighted by Gasteiger charge is -2.28. The predicted molar refractivity (Wildman–Crippen MR) is 91.9 cm³/mol. The van der Waals surface area contributed by atoms with E-state index in [1.807, 2.05) is 19.1 Å². The van der Waals surface area contributed by atoms with Gasteiger partial charge in [0.25, 0.3) is 0 Å². The van der Waals surface area contributed by atoms with Crippen molar-refractivity contribution >= 4 is 5.82 Å². The number of aromatic nitrogens is 4. The van der Waals surface area contributed by atoms with Crippen LogP contribution in [0.3, 0.4) is 0 Å². The zero-order valence-electron chi connectivity index (χ0n) is 14.2. The molecule has 0 saturated carbocycles. The Morgan fingerprint density at radius 2 is 2.17 bits per heavy atom. The van der Waals surface area contributed by atoms with E-state index in [0.717, 1.165) is 48.3 Å². The van der Waals surface area contributed by atoms with Gasteiger partial charge in [0.15, 0.2) is 5.76 Å². The first-order valence-electron chi connectivity index (χ1n) is 8.32. The van der Waals surface area contributed by atoms with Gasteiger partial charge in [-0.1, -0.05) is 13.8 Å². The first kappa shape index (κ1) is 14.9. The summed E-state index contributed by atoms with van der Waals surface area (Å²) in [6.45, 7) is 7.96. The molecule has 4 heterocycles. The van der Waals surface area contributed by atoms with E-state index in [1.54, 1.807) is 6.26 Å². The lowest BCUT2D eigenvalue weighted by Crippen LogP contribution is -2.31. The molecule has 6 nitrogen and oxygen atoms in total. The normalized spacial score (nSPS) is 14.2. The molecule has 1 aliphatic heterocycles.